The van der Waals surface area contributed by atoms with Gasteiger partial charge in [-0.1, -0.05) is 0 Å². The molecule has 0 amide bonds. The third-order valence-corrected chi connectivity index (χ3v) is 2.73. The van der Waals surface area contributed by atoms with Gasteiger partial charge in [-0.25, -0.2) is 0 Å². The van der Waals surface area contributed by atoms with Crippen LogP contribution in [0.2, 0.25) is 0 Å². The number of aliphatic hydroxyl groups excluding tert-OH is 4. The van der Waals surface area contributed by atoms with Crippen LogP contribution in [0, 0.1) is 0 Å². The summed E-state index contributed by atoms with van der Waals surface area (Å²) in [4.78, 5) is 11.2. The summed E-state index contributed by atoms with van der Waals surface area (Å²) >= 11 is 0. The molecule has 1 unspecified atom stereocenters. The second kappa shape index (κ2) is 6.98. The minimum absolute atomic E-state index is 0.208. The van der Waals surface area contributed by atoms with Gasteiger partial charge >= 0.3 is 5.97 Å². The van der Waals surface area contributed by atoms with Crippen molar-refractivity contribution < 1.29 is 40.4 Å². The molecule has 1 saturated heterocycles. The van der Waals surface area contributed by atoms with Crippen molar-refractivity contribution >= 4 is 5.97 Å². The van der Waals surface area contributed by atoms with E-state index in [1.54, 1.807) is 0 Å². The summed E-state index contributed by atoms with van der Waals surface area (Å²) in [5.41, 5.74) is 3.58. The molecule has 18 heavy (non-hydrogen) atoms. The fourth-order valence-corrected chi connectivity index (χ4v) is 1.59. The van der Waals surface area contributed by atoms with Crippen molar-refractivity contribution in [1.82, 2.24) is 0 Å². The van der Waals surface area contributed by atoms with Crippen LogP contribution in [0.4, 0.5) is 0 Å². The Morgan fingerprint density at radius 3 is 2.44 bits per heavy atom. The average Bonchev–Trinajstić information content (AvgIpc) is 2.36. The number of hydrogen-bond donors (Lipinski definition) is 5. The Morgan fingerprint density at radius 1 is 1.17 bits per heavy atom. The highest BCUT2D eigenvalue weighted by Gasteiger charge is 2.43. The highest BCUT2D eigenvalue weighted by Crippen LogP contribution is 2.20. The molecule has 0 saturated carbocycles. The van der Waals surface area contributed by atoms with E-state index in [0.717, 1.165) is 0 Å². The van der Waals surface area contributed by atoms with E-state index in [2.05, 4.69) is 5.73 Å². The largest absolute Gasteiger partial charge is 0.463 e. The second-order valence-electron chi connectivity index (χ2n) is 4.18. The van der Waals surface area contributed by atoms with Gasteiger partial charge in [-0.2, -0.15) is 0 Å². The zero-order valence-corrected chi connectivity index (χ0v) is 9.94. The van der Waals surface area contributed by atoms with Crippen LogP contribution < -0.4 is 5.73 Å². The Kier molecular flexibility index (Phi) is 5.93. The molecule has 0 spiro atoms. The third-order valence-electron chi connectivity index (χ3n) is 2.73. The first kappa shape index (κ1) is 15.3. The van der Waals surface area contributed by atoms with E-state index >= 15 is 0 Å². The van der Waals surface area contributed by atoms with Crippen LogP contribution in [-0.4, -0.2) is 70.3 Å². The van der Waals surface area contributed by atoms with Crippen LogP contribution in [0.5, 0.6) is 0 Å². The number of aliphatic hydroxyl groups is 4. The van der Waals surface area contributed by atoms with Crippen LogP contribution in [-0.2, 0) is 14.3 Å². The maximum Gasteiger partial charge on any atom is 0.306 e. The zero-order valence-electron chi connectivity index (χ0n) is 9.94. The number of esters is 1. The summed E-state index contributed by atoms with van der Waals surface area (Å²) in [6, 6.07) is 0. The third kappa shape index (κ3) is 3.87. The lowest BCUT2D eigenvalue weighted by Gasteiger charge is -2.37. The first-order valence-corrected chi connectivity index (χ1v) is 5.80. The standard InChI is InChI=1S/C10H19NO7/c11-3-1-2-6(12)17-4-5-7(13)8(14)9(15)10(16)18-5/h5,7-10,13-16H,1-4,11H2/p+1/t5-,7-,8+,9-,10?/m1/s1. The van der Waals surface area contributed by atoms with Crippen molar-refractivity contribution in [3.8, 4) is 0 Å². The minimum Gasteiger partial charge on any atom is -0.463 e. The molecule has 5 atom stereocenters. The van der Waals surface area contributed by atoms with Crippen LogP contribution in [0.3, 0.4) is 0 Å². The molecule has 0 aliphatic carbocycles. The molecule has 1 heterocycles. The average molecular weight is 266 g/mol. The molecule has 0 aromatic heterocycles. The second-order valence-corrected chi connectivity index (χ2v) is 4.18. The first-order chi connectivity index (χ1) is 8.47. The summed E-state index contributed by atoms with van der Waals surface area (Å²) in [5.74, 6) is -0.468. The highest BCUT2D eigenvalue weighted by molar-refractivity contribution is 5.69. The Morgan fingerprint density at radius 2 is 1.83 bits per heavy atom. The Hall–Kier alpha value is -0.770. The van der Waals surface area contributed by atoms with E-state index in [1.807, 2.05) is 0 Å². The van der Waals surface area contributed by atoms with E-state index in [1.165, 1.54) is 0 Å². The van der Waals surface area contributed by atoms with E-state index in [9.17, 15) is 25.2 Å². The van der Waals surface area contributed by atoms with Gasteiger partial charge in [-0.05, 0) is 0 Å². The molecule has 8 nitrogen and oxygen atoms in total. The molecule has 7 N–H and O–H groups in total. The zero-order chi connectivity index (χ0) is 13.7. The fraction of sp³-hybridized carbons (Fsp3) is 0.900. The molecular formula is C10H20NO7+. The van der Waals surface area contributed by atoms with E-state index in [-0.39, 0.29) is 13.0 Å². The molecule has 0 aromatic rings. The molecule has 1 aliphatic rings. The predicted molar refractivity (Wildman–Crippen MR) is 56.8 cm³/mol. The molecular weight excluding hydrogens is 246 g/mol. The molecule has 1 aliphatic heterocycles. The summed E-state index contributed by atoms with van der Waals surface area (Å²) < 4.78 is 9.67. The normalized spacial score (nSPS) is 36.4. The molecule has 0 aromatic carbocycles. The van der Waals surface area contributed by atoms with Gasteiger partial charge in [0.2, 0.25) is 0 Å². The minimum atomic E-state index is -1.62. The van der Waals surface area contributed by atoms with Gasteiger partial charge in [0, 0.05) is 6.42 Å². The molecule has 1 rings (SSSR count). The number of carbonyl (C=O) groups excluding carboxylic acids is 1. The van der Waals surface area contributed by atoms with E-state index < -0.39 is 36.7 Å². The maximum atomic E-state index is 11.2. The van der Waals surface area contributed by atoms with Gasteiger partial charge < -0.3 is 35.6 Å². The SMILES string of the molecule is [NH3+]CCCC(=O)OC[C@H]1OC(O)[C@H](O)[C@@H](O)[C@@H]1O. The number of quaternary nitrogens is 1. The van der Waals surface area contributed by atoms with Crippen molar-refractivity contribution in [3.63, 3.8) is 0 Å². The van der Waals surface area contributed by atoms with Crippen LogP contribution in [0.1, 0.15) is 12.8 Å². The van der Waals surface area contributed by atoms with E-state index in [0.29, 0.717) is 13.0 Å². The van der Waals surface area contributed by atoms with Crippen molar-refractivity contribution in [3.05, 3.63) is 0 Å². The molecule has 0 bridgehead atoms. The fourth-order valence-electron chi connectivity index (χ4n) is 1.59. The van der Waals surface area contributed by atoms with Crippen molar-refractivity contribution in [2.24, 2.45) is 0 Å². The van der Waals surface area contributed by atoms with E-state index in [4.69, 9.17) is 9.47 Å². The lowest BCUT2D eigenvalue weighted by atomic mass is 9.99. The summed E-state index contributed by atoms with van der Waals surface area (Å²) in [6.45, 7) is 0.319. The number of rotatable bonds is 5. The van der Waals surface area contributed by atoms with Gasteiger partial charge in [0.05, 0.1) is 13.0 Å². The van der Waals surface area contributed by atoms with Gasteiger partial charge in [0.1, 0.15) is 31.0 Å². The monoisotopic (exact) mass is 266 g/mol. The van der Waals surface area contributed by atoms with Crippen molar-refractivity contribution in [2.45, 2.75) is 43.5 Å². The smallest absolute Gasteiger partial charge is 0.306 e. The lowest BCUT2D eigenvalue weighted by Crippen LogP contribution is -2.58. The Labute approximate surface area is 104 Å². The van der Waals surface area contributed by atoms with Gasteiger partial charge in [0.25, 0.3) is 0 Å². The highest BCUT2D eigenvalue weighted by atomic mass is 16.6. The van der Waals surface area contributed by atoms with Crippen molar-refractivity contribution in [2.75, 3.05) is 13.2 Å². The van der Waals surface area contributed by atoms with Crippen LogP contribution in [0.25, 0.3) is 0 Å². The predicted octanol–water partition coefficient (Wildman–Crippen LogP) is -3.65. The summed E-state index contributed by atoms with van der Waals surface area (Å²) in [5, 5.41) is 37.5. The summed E-state index contributed by atoms with van der Waals surface area (Å²) in [6.07, 6.45) is -6.44. The molecule has 106 valence electrons. The number of carbonyl (C=O) groups is 1. The summed E-state index contributed by atoms with van der Waals surface area (Å²) in [7, 11) is 0. The number of ether oxygens (including phenoxy) is 2. The van der Waals surface area contributed by atoms with Crippen molar-refractivity contribution in [1.29, 1.82) is 0 Å². The quantitative estimate of drug-likeness (QED) is 0.323. The van der Waals surface area contributed by atoms with Gasteiger partial charge in [0.15, 0.2) is 6.29 Å². The topological polar surface area (TPSA) is 144 Å². The lowest BCUT2D eigenvalue weighted by molar-refractivity contribution is -0.368. The first-order valence-electron chi connectivity index (χ1n) is 5.80. The van der Waals surface area contributed by atoms with Crippen LogP contribution >= 0.6 is 0 Å². The van der Waals surface area contributed by atoms with Crippen LogP contribution in [0.15, 0.2) is 0 Å². The van der Waals surface area contributed by atoms with Gasteiger partial charge in [-0.3, -0.25) is 4.79 Å². The Bertz CT molecular complexity index is 275. The number of hydrogen-bond acceptors (Lipinski definition) is 7. The maximum absolute atomic E-state index is 11.2. The molecule has 0 radical (unpaired) electrons. The molecule has 8 heteroatoms. The molecule has 1 fully saturated rings. The van der Waals surface area contributed by atoms with Gasteiger partial charge in [-0.15, -0.1) is 0 Å². The Balaban J connectivity index is 2.39.